The number of hydrogen-bond donors (Lipinski definition) is 0. The Morgan fingerprint density at radius 1 is 0.688 bits per heavy atom. The van der Waals surface area contributed by atoms with Gasteiger partial charge in [-0.25, -0.2) is 0 Å². The molecule has 4 heteroatoms. The van der Waals surface area contributed by atoms with E-state index in [2.05, 4.69) is 59.2 Å². The maximum absolute atomic E-state index is 6.51. The number of fused-ring (bicyclic) bond motifs is 1. The molecule has 0 amide bonds. The Labute approximate surface area is 207 Å². The number of rotatable bonds is 11. The van der Waals surface area contributed by atoms with Crippen molar-refractivity contribution in [1.29, 1.82) is 0 Å². The van der Waals surface area contributed by atoms with Gasteiger partial charge >= 0.3 is 0 Å². The van der Waals surface area contributed by atoms with E-state index in [0.717, 1.165) is 26.2 Å². The zero-order chi connectivity index (χ0) is 23.8. The average molecular weight is 480 g/mol. The smallest absolute Gasteiger partial charge is 0.141 e. The van der Waals surface area contributed by atoms with E-state index in [9.17, 15) is 0 Å². The van der Waals surface area contributed by atoms with Gasteiger partial charge in [-0.05, 0) is 29.2 Å². The Morgan fingerprint density at radius 3 is 1.91 bits per heavy atom. The highest BCUT2D eigenvalue weighted by Gasteiger charge is 2.25. The van der Waals surface area contributed by atoms with Crippen LogP contribution in [-0.2, 0) is 6.42 Å². The number of unbranched alkanes of at least 4 members (excludes halogenated alkanes) is 6. The number of halogens is 2. The molecule has 1 aliphatic heterocycles. The van der Waals surface area contributed by atoms with Crippen LogP contribution in [0.3, 0.4) is 0 Å². The summed E-state index contributed by atoms with van der Waals surface area (Å²) >= 11 is 13.0. The van der Waals surface area contributed by atoms with Crippen molar-refractivity contribution in [3.05, 3.63) is 58.3 Å². The lowest BCUT2D eigenvalue weighted by Gasteiger charge is -2.22. The van der Waals surface area contributed by atoms with E-state index in [1.807, 2.05) is 27.7 Å². The molecule has 2 aromatic carbocycles. The SMILES string of the molecule is CC.CC.CCCCCCCCCN1CN(CCc2ccc3ccccc3c2)C(Cl)=C1Cl. The summed E-state index contributed by atoms with van der Waals surface area (Å²) in [6, 6.07) is 15.2. The molecule has 0 bridgehead atoms. The molecule has 32 heavy (non-hydrogen) atoms. The lowest BCUT2D eigenvalue weighted by Crippen LogP contribution is -2.29. The highest BCUT2D eigenvalue weighted by Crippen LogP contribution is 2.30. The number of nitrogens with zero attached hydrogens (tertiary/aromatic N) is 2. The normalized spacial score (nSPS) is 13.1. The summed E-state index contributed by atoms with van der Waals surface area (Å²) in [6.45, 7) is 13.0. The lowest BCUT2D eigenvalue weighted by atomic mass is 10.1. The minimum Gasteiger partial charge on any atom is -0.342 e. The van der Waals surface area contributed by atoms with E-state index >= 15 is 0 Å². The van der Waals surface area contributed by atoms with E-state index in [-0.39, 0.29) is 0 Å². The van der Waals surface area contributed by atoms with E-state index in [4.69, 9.17) is 23.2 Å². The van der Waals surface area contributed by atoms with Crippen molar-refractivity contribution in [2.24, 2.45) is 0 Å². The third-order valence-electron chi connectivity index (χ3n) is 5.58. The molecule has 0 unspecified atom stereocenters. The van der Waals surface area contributed by atoms with Crippen LogP contribution in [0.4, 0.5) is 0 Å². The fraction of sp³-hybridized carbons (Fsp3) is 0.571. The van der Waals surface area contributed by atoms with E-state index in [0.29, 0.717) is 10.3 Å². The van der Waals surface area contributed by atoms with Gasteiger partial charge in [0.15, 0.2) is 0 Å². The maximum atomic E-state index is 6.51. The molecule has 3 rings (SSSR count). The monoisotopic (exact) mass is 478 g/mol. The first-order valence-corrected chi connectivity index (χ1v) is 13.5. The highest BCUT2D eigenvalue weighted by molar-refractivity contribution is 6.38. The molecule has 180 valence electrons. The molecule has 2 aromatic rings. The lowest BCUT2D eigenvalue weighted by molar-refractivity contribution is 0.256. The first kappa shape index (κ1) is 28.7. The molecule has 0 radical (unpaired) electrons. The van der Waals surface area contributed by atoms with Crippen LogP contribution in [0.2, 0.25) is 0 Å². The predicted octanol–water partition coefficient (Wildman–Crippen LogP) is 9.36. The van der Waals surface area contributed by atoms with Gasteiger partial charge in [0.25, 0.3) is 0 Å². The molecule has 0 aliphatic carbocycles. The topological polar surface area (TPSA) is 6.48 Å². The molecular weight excluding hydrogens is 435 g/mol. The standard InChI is InChI=1S/C24H32Cl2N2.2C2H6/c1-2-3-4-5-6-7-10-16-27-19-28(24(26)23(27)25)17-15-20-13-14-21-11-8-9-12-22(21)18-20;2*1-2/h8-9,11-14,18H,2-7,10,15-17,19H2,1H3;2*1-2H3. The molecule has 0 atom stereocenters. The van der Waals surface area contributed by atoms with Gasteiger partial charge in [0.05, 0.1) is 6.67 Å². The fourth-order valence-corrected chi connectivity index (χ4v) is 4.36. The van der Waals surface area contributed by atoms with Crippen molar-refractivity contribution in [2.45, 2.75) is 86.0 Å². The Bertz CT molecular complexity index is 788. The summed E-state index contributed by atoms with van der Waals surface area (Å²) in [5, 5.41) is 3.99. The highest BCUT2D eigenvalue weighted by atomic mass is 35.5. The van der Waals surface area contributed by atoms with Crippen LogP contribution in [0, 0.1) is 0 Å². The van der Waals surface area contributed by atoms with Gasteiger partial charge in [0.2, 0.25) is 0 Å². The first-order chi connectivity index (χ1) is 15.7. The third kappa shape index (κ3) is 9.24. The van der Waals surface area contributed by atoms with Crippen LogP contribution in [-0.4, -0.2) is 29.6 Å². The number of hydrogen-bond acceptors (Lipinski definition) is 2. The molecule has 1 heterocycles. The van der Waals surface area contributed by atoms with Gasteiger partial charge in [-0.3, -0.25) is 0 Å². The summed E-state index contributed by atoms with van der Waals surface area (Å²) in [5.41, 5.74) is 1.34. The quantitative estimate of drug-likeness (QED) is 0.234. The van der Waals surface area contributed by atoms with E-state index < -0.39 is 0 Å². The van der Waals surface area contributed by atoms with Crippen LogP contribution in [0.15, 0.2) is 52.8 Å². The molecule has 0 saturated carbocycles. The summed E-state index contributed by atoms with van der Waals surface area (Å²) < 4.78 is 0. The molecule has 1 aliphatic rings. The second-order valence-corrected chi connectivity index (χ2v) is 8.52. The van der Waals surface area contributed by atoms with Crippen molar-refractivity contribution in [3.8, 4) is 0 Å². The van der Waals surface area contributed by atoms with Gasteiger partial charge in [-0.1, -0.05) is 139 Å². The summed E-state index contributed by atoms with van der Waals surface area (Å²) in [5.74, 6) is 0. The van der Waals surface area contributed by atoms with Crippen LogP contribution in [0.1, 0.15) is 85.1 Å². The van der Waals surface area contributed by atoms with Gasteiger partial charge in [-0.2, -0.15) is 0 Å². The Morgan fingerprint density at radius 2 is 1.25 bits per heavy atom. The summed E-state index contributed by atoms with van der Waals surface area (Å²) in [7, 11) is 0. The molecule has 0 spiro atoms. The molecule has 2 nitrogen and oxygen atoms in total. The summed E-state index contributed by atoms with van der Waals surface area (Å²) in [4.78, 5) is 4.41. The van der Waals surface area contributed by atoms with Crippen molar-refractivity contribution < 1.29 is 0 Å². The third-order valence-corrected chi connectivity index (χ3v) is 6.52. The fourth-order valence-electron chi connectivity index (χ4n) is 3.85. The second-order valence-electron chi connectivity index (χ2n) is 7.80. The molecule has 0 N–H and O–H groups in total. The maximum Gasteiger partial charge on any atom is 0.141 e. The van der Waals surface area contributed by atoms with E-state index in [1.54, 1.807) is 0 Å². The van der Waals surface area contributed by atoms with Crippen LogP contribution in [0.25, 0.3) is 10.8 Å². The Balaban J connectivity index is 0.00000121. The van der Waals surface area contributed by atoms with Gasteiger partial charge in [0, 0.05) is 13.1 Å². The largest absolute Gasteiger partial charge is 0.342 e. The van der Waals surface area contributed by atoms with Crippen LogP contribution < -0.4 is 0 Å². The predicted molar refractivity (Wildman–Crippen MR) is 145 cm³/mol. The number of benzene rings is 2. The Kier molecular flexibility index (Phi) is 15.3. The van der Waals surface area contributed by atoms with Crippen molar-refractivity contribution >= 4 is 34.0 Å². The summed E-state index contributed by atoms with van der Waals surface area (Å²) in [6.07, 6.45) is 10.2. The van der Waals surface area contributed by atoms with E-state index in [1.165, 1.54) is 61.3 Å². The zero-order valence-electron chi connectivity index (χ0n) is 21.0. The molecule has 0 aromatic heterocycles. The zero-order valence-corrected chi connectivity index (χ0v) is 22.5. The minimum absolute atomic E-state index is 0.699. The van der Waals surface area contributed by atoms with Crippen molar-refractivity contribution in [1.82, 2.24) is 9.80 Å². The van der Waals surface area contributed by atoms with Crippen molar-refractivity contribution in [3.63, 3.8) is 0 Å². The van der Waals surface area contributed by atoms with Crippen LogP contribution in [0.5, 0.6) is 0 Å². The first-order valence-electron chi connectivity index (χ1n) is 12.7. The van der Waals surface area contributed by atoms with Crippen molar-refractivity contribution in [2.75, 3.05) is 19.8 Å². The average Bonchev–Trinajstić information content (AvgIpc) is 3.12. The minimum atomic E-state index is 0.699. The van der Waals surface area contributed by atoms with Gasteiger partial charge < -0.3 is 9.80 Å². The molecule has 0 fully saturated rings. The second kappa shape index (κ2) is 17.1. The van der Waals surface area contributed by atoms with Gasteiger partial charge in [-0.15, -0.1) is 0 Å². The Hall–Kier alpha value is -1.38. The molecular formula is C28H44Cl2N2. The molecule has 0 saturated heterocycles. The van der Waals surface area contributed by atoms with Crippen LogP contribution >= 0.6 is 23.2 Å². The van der Waals surface area contributed by atoms with Gasteiger partial charge in [0.1, 0.15) is 10.3 Å².